The van der Waals surface area contributed by atoms with Crippen LogP contribution in [0, 0.1) is 11.6 Å². The van der Waals surface area contributed by atoms with E-state index >= 15 is 0 Å². The Hall–Kier alpha value is -1.26. The Kier molecular flexibility index (Phi) is 2.78. The largest absolute Gasteiger partial charge is 0.380 e. The molecule has 0 saturated carbocycles. The third kappa shape index (κ3) is 1.99. The third-order valence-corrected chi connectivity index (χ3v) is 3.51. The van der Waals surface area contributed by atoms with E-state index in [9.17, 15) is 13.9 Å². The highest BCUT2D eigenvalue weighted by Crippen LogP contribution is 2.32. The van der Waals surface area contributed by atoms with Crippen molar-refractivity contribution < 1.29 is 13.9 Å². The summed E-state index contributed by atoms with van der Waals surface area (Å²) in [5.41, 5.74) is -1.15. The molecular formula is C12H10F2OS. The Labute approximate surface area is 96.0 Å². The van der Waals surface area contributed by atoms with Crippen LogP contribution in [0.2, 0.25) is 0 Å². The normalized spacial score (nSPS) is 14.8. The lowest BCUT2D eigenvalue weighted by atomic mass is 9.94. The van der Waals surface area contributed by atoms with E-state index in [1.165, 1.54) is 18.3 Å². The molecule has 0 aliphatic rings. The lowest BCUT2D eigenvalue weighted by molar-refractivity contribution is 0.105. The van der Waals surface area contributed by atoms with E-state index in [0.29, 0.717) is 4.88 Å². The minimum atomic E-state index is -1.36. The van der Waals surface area contributed by atoms with Gasteiger partial charge in [-0.25, -0.2) is 8.78 Å². The Balaban J connectivity index is 2.51. The first kappa shape index (κ1) is 11.2. The molecule has 0 radical (unpaired) electrons. The first-order valence-corrected chi connectivity index (χ1v) is 5.61. The van der Waals surface area contributed by atoms with Gasteiger partial charge in [0, 0.05) is 10.9 Å². The zero-order chi connectivity index (χ0) is 11.8. The van der Waals surface area contributed by atoms with E-state index < -0.39 is 17.2 Å². The minimum Gasteiger partial charge on any atom is -0.380 e. The molecule has 0 aliphatic carbocycles. The fraction of sp³-hybridized carbons (Fsp3) is 0.167. The maximum atomic E-state index is 13.1. The van der Waals surface area contributed by atoms with Gasteiger partial charge in [-0.05, 0) is 36.1 Å². The van der Waals surface area contributed by atoms with Crippen LogP contribution in [0.4, 0.5) is 8.78 Å². The quantitative estimate of drug-likeness (QED) is 0.854. The van der Waals surface area contributed by atoms with Crippen LogP contribution in [0.5, 0.6) is 0 Å². The molecule has 2 aromatic rings. The maximum absolute atomic E-state index is 13.1. The fourth-order valence-corrected chi connectivity index (χ4v) is 2.34. The number of hydrogen-bond donors (Lipinski definition) is 1. The third-order valence-electron chi connectivity index (χ3n) is 2.43. The Morgan fingerprint density at radius 3 is 2.31 bits per heavy atom. The number of aliphatic hydroxyl groups is 1. The van der Waals surface area contributed by atoms with E-state index in [2.05, 4.69) is 0 Å². The van der Waals surface area contributed by atoms with Gasteiger partial charge in [0.15, 0.2) is 0 Å². The molecule has 1 heterocycles. The Bertz CT molecular complexity index is 471. The van der Waals surface area contributed by atoms with Gasteiger partial charge in [-0.1, -0.05) is 6.07 Å². The summed E-state index contributed by atoms with van der Waals surface area (Å²) in [5.74, 6) is -1.38. The van der Waals surface area contributed by atoms with E-state index in [4.69, 9.17) is 0 Å². The number of rotatable bonds is 2. The van der Waals surface area contributed by atoms with Crippen LogP contribution in [-0.4, -0.2) is 5.11 Å². The first-order valence-electron chi connectivity index (χ1n) is 4.73. The zero-order valence-corrected chi connectivity index (χ0v) is 9.39. The Morgan fingerprint density at radius 1 is 1.19 bits per heavy atom. The van der Waals surface area contributed by atoms with Gasteiger partial charge in [-0.15, -0.1) is 11.3 Å². The molecule has 1 N–H and O–H groups in total. The number of thiophene rings is 1. The second-order valence-electron chi connectivity index (χ2n) is 3.71. The zero-order valence-electron chi connectivity index (χ0n) is 8.58. The average Bonchev–Trinajstić information content (AvgIpc) is 2.69. The molecule has 0 spiro atoms. The molecule has 1 unspecified atom stereocenters. The molecule has 1 aromatic heterocycles. The van der Waals surface area contributed by atoms with Gasteiger partial charge < -0.3 is 5.11 Å². The van der Waals surface area contributed by atoms with Gasteiger partial charge in [0.05, 0.1) is 0 Å². The van der Waals surface area contributed by atoms with E-state index in [1.54, 1.807) is 17.5 Å². The lowest BCUT2D eigenvalue weighted by Crippen LogP contribution is -2.21. The van der Waals surface area contributed by atoms with Gasteiger partial charge >= 0.3 is 0 Å². The van der Waals surface area contributed by atoms with Crippen molar-refractivity contribution in [3.05, 3.63) is 57.8 Å². The SMILES string of the molecule is CC(O)(c1cc(F)cc(F)c1)c1cccs1. The second-order valence-corrected chi connectivity index (χ2v) is 4.66. The van der Waals surface area contributed by atoms with Gasteiger partial charge in [-0.2, -0.15) is 0 Å². The van der Waals surface area contributed by atoms with Crippen LogP contribution < -0.4 is 0 Å². The van der Waals surface area contributed by atoms with Crippen LogP contribution in [0.1, 0.15) is 17.4 Å². The summed E-state index contributed by atoms with van der Waals surface area (Å²) in [5, 5.41) is 12.1. The molecular weight excluding hydrogens is 230 g/mol. The topological polar surface area (TPSA) is 20.2 Å². The monoisotopic (exact) mass is 240 g/mol. The first-order chi connectivity index (χ1) is 7.50. The van der Waals surface area contributed by atoms with Gasteiger partial charge in [0.1, 0.15) is 17.2 Å². The summed E-state index contributed by atoms with van der Waals surface area (Å²) in [6.45, 7) is 1.52. The van der Waals surface area contributed by atoms with Crippen molar-refractivity contribution >= 4 is 11.3 Å². The van der Waals surface area contributed by atoms with Crippen LogP contribution in [0.25, 0.3) is 0 Å². The van der Waals surface area contributed by atoms with Gasteiger partial charge in [0.2, 0.25) is 0 Å². The lowest BCUT2D eigenvalue weighted by Gasteiger charge is -2.22. The molecule has 2 rings (SSSR count). The highest BCUT2D eigenvalue weighted by Gasteiger charge is 2.27. The maximum Gasteiger partial charge on any atom is 0.126 e. The molecule has 1 nitrogen and oxygen atoms in total. The number of hydrogen-bond acceptors (Lipinski definition) is 2. The molecule has 0 amide bonds. The Morgan fingerprint density at radius 2 is 1.81 bits per heavy atom. The summed E-state index contributed by atoms with van der Waals surface area (Å²) in [7, 11) is 0. The van der Waals surface area contributed by atoms with Crippen molar-refractivity contribution in [3.63, 3.8) is 0 Å². The molecule has 0 aliphatic heterocycles. The molecule has 0 saturated heterocycles. The van der Waals surface area contributed by atoms with Crippen LogP contribution in [0.15, 0.2) is 35.7 Å². The van der Waals surface area contributed by atoms with Crippen LogP contribution in [0.3, 0.4) is 0 Å². The highest BCUT2D eigenvalue weighted by molar-refractivity contribution is 7.10. The highest BCUT2D eigenvalue weighted by atomic mass is 32.1. The van der Waals surface area contributed by atoms with Crippen molar-refractivity contribution in [1.82, 2.24) is 0 Å². The molecule has 0 fully saturated rings. The van der Waals surface area contributed by atoms with Crippen LogP contribution in [-0.2, 0) is 5.60 Å². The number of halogens is 2. The van der Waals surface area contributed by atoms with E-state index in [0.717, 1.165) is 18.2 Å². The van der Waals surface area contributed by atoms with Crippen molar-refractivity contribution in [2.45, 2.75) is 12.5 Å². The summed E-state index contributed by atoms with van der Waals surface area (Å²) >= 11 is 1.34. The standard InChI is InChI=1S/C12H10F2OS/c1-12(15,11-3-2-4-16-11)8-5-9(13)7-10(14)6-8/h2-7,15H,1H3. The van der Waals surface area contributed by atoms with E-state index in [-0.39, 0.29) is 5.56 Å². The molecule has 1 aromatic carbocycles. The van der Waals surface area contributed by atoms with Crippen molar-refractivity contribution in [3.8, 4) is 0 Å². The molecule has 1 atom stereocenters. The summed E-state index contributed by atoms with van der Waals surface area (Å²) < 4.78 is 26.1. The number of benzene rings is 1. The van der Waals surface area contributed by atoms with Crippen molar-refractivity contribution in [2.24, 2.45) is 0 Å². The predicted octanol–water partition coefficient (Wildman–Crippen LogP) is 3.28. The van der Waals surface area contributed by atoms with E-state index in [1.807, 2.05) is 0 Å². The summed E-state index contributed by atoms with van der Waals surface area (Å²) in [6.07, 6.45) is 0. The molecule has 4 heteroatoms. The van der Waals surface area contributed by atoms with Crippen molar-refractivity contribution in [2.75, 3.05) is 0 Å². The van der Waals surface area contributed by atoms with Crippen LogP contribution >= 0.6 is 11.3 Å². The van der Waals surface area contributed by atoms with Crippen molar-refractivity contribution in [1.29, 1.82) is 0 Å². The molecule has 0 bridgehead atoms. The fourth-order valence-electron chi connectivity index (χ4n) is 1.53. The summed E-state index contributed by atoms with van der Waals surface area (Å²) in [6, 6.07) is 6.58. The smallest absolute Gasteiger partial charge is 0.126 e. The molecule has 84 valence electrons. The van der Waals surface area contributed by atoms with Gasteiger partial charge in [-0.3, -0.25) is 0 Å². The summed E-state index contributed by atoms with van der Waals surface area (Å²) in [4.78, 5) is 0.650. The average molecular weight is 240 g/mol. The van der Waals surface area contributed by atoms with Gasteiger partial charge in [0.25, 0.3) is 0 Å². The second kappa shape index (κ2) is 3.96. The molecule has 16 heavy (non-hydrogen) atoms. The minimum absolute atomic E-state index is 0.215. The predicted molar refractivity (Wildman–Crippen MR) is 59.3 cm³/mol.